The summed E-state index contributed by atoms with van der Waals surface area (Å²) >= 11 is 8.64. The summed E-state index contributed by atoms with van der Waals surface area (Å²) in [5, 5.41) is 2.48. The monoisotopic (exact) mass is 360 g/mol. The third-order valence-electron chi connectivity index (χ3n) is 2.52. The number of benzene rings is 2. The van der Waals surface area contributed by atoms with Crippen LogP contribution in [0.5, 0.6) is 0 Å². The number of amides is 1. The minimum atomic E-state index is -0.756. The van der Waals surface area contributed by atoms with Gasteiger partial charge in [-0.2, -0.15) is 0 Å². The molecule has 0 saturated heterocycles. The van der Waals surface area contributed by atoms with E-state index in [-0.39, 0.29) is 20.7 Å². The number of carbonyl (C=O) groups excluding carboxylic acids is 1. The van der Waals surface area contributed by atoms with E-state index in [1.165, 1.54) is 18.2 Å². The molecule has 0 radical (unpaired) electrons. The summed E-state index contributed by atoms with van der Waals surface area (Å²) in [6.45, 7) is 0. The van der Waals surface area contributed by atoms with Gasteiger partial charge in [-0.25, -0.2) is 8.78 Å². The van der Waals surface area contributed by atoms with Gasteiger partial charge in [0.25, 0.3) is 5.91 Å². The third kappa shape index (κ3) is 3.08. The van der Waals surface area contributed by atoms with Gasteiger partial charge in [0.1, 0.15) is 11.6 Å². The lowest BCUT2D eigenvalue weighted by atomic mass is 10.2. The summed E-state index contributed by atoms with van der Waals surface area (Å²) < 4.78 is 26.9. The summed E-state index contributed by atoms with van der Waals surface area (Å²) in [6, 6.07) is 6.05. The molecule has 0 atom stereocenters. The maximum absolute atomic E-state index is 13.6. The fourth-order valence-electron chi connectivity index (χ4n) is 1.48. The molecule has 3 N–H and O–H groups in total. The average Bonchev–Trinajstić information content (AvgIpc) is 2.39. The van der Waals surface area contributed by atoms with Crippen LogP contribution < -0.4 is 11.1 Å². The van der Waals surface area contributed by atoms with Crippen molar-refractivity contribution >= 4 is 44.8 Å². The fraction of sp³-hybridized carbons (Fsp3) is 0. The number of nitrogen functional groups attached to an aromatic ring is 1. The van der Waals surface area contributed by atoms with Gasteiger partial charge in [0.2, 0.25) is 0 Å². The summed E-state index contributed by atoms with van der Waals surface area (Å²) in [5.74, 6) is -2.06. The molecule has 0 spiro atoms. The van der Waals surface area contributed by atoms with E-state index < -0.39 is 17.5 Å². The van der Waals surface area contributed by atoms with Crippen LogP contribution in [0.4, 0.5) is 20.2 Å². The molecule has 1 amide bonds. The van der Waals surface area contributed by atoms with Gasteiger partial charge in [0.05, 0.1) is 20.9 Å². The number of anilines is 2. The second-order valence-electron chi connectivity index (χ2n) is 3.94. The zero-order valence-electron chi connectivity index (χ0n) is 9.88. The summed E-state index contributed by atoms with van der Waals surface area (Å²) in [4.78, 5) is 11.9. The molecule has 0 aliphatic carbocycles. The summed E-state index contributed by atoms with van der Waals surface area (Å²) in [5.41, 5.74) is 5.77. The molecule has 3 nitrogen and oxygen atoms in total. The van der Waals surface area contributed by atoms with Crippen LogP contribution in [0, 0.1) is 11.6 Å². The van der Waals surface area contributed by atoms with E-state index in [1.807, 2.05) is 0 Å². The number of halogens is 4. The Morgan fingerprint density at radius 1 is 1.20 bits per heavy atom. The Balaban J connectivity index is 2.27. The maximum Gasteiger partial charge on any atom is 0.255 e. The van der Waals surface area contributed by atoms with Gasteiger partial charge in [0, 0.05) is 11.6 Å². The molecular weight excluding hydrogens is 354 g/mol. The van der Waals surface area contributed by atoms with Gasteiger partial charge >= 0.3 is 0 Å². The van der Waals surface area contributed by atoms with Crippen LogP contribution in [0.15, 0.2) is 34.8 Å². The highest BCUT2D eigenvalue weighted by molar-refractivity contribution is 9.10. The predicted molar refractivity (Wildman–Crippen MR) is 77.9 cm³/mol. The molecule has 20 heavy (non-hydrogen) atoms. The number of carbonyl (C=O) groups is 1. The second-order valence-corrected chi connectivity index (χ2v) is 5.20. The van der Waals surface area contributed by atoms with Crippen LogP contribution in [0.1, 0.15) is 10.4 Å². The smallest absolute Gasteiger partial charge is 0.255 e. The molecule has 7 heteroatoms. The highest BCUT2D eigenvalue weighted by atomic mass is 79.9. The van der Waals surface area contributed by atoms with Crippen molar-refractivity contribution in [3.8, 4) is 0 Å². The van der Waals surface area contributed by atoms with Crippen LogP contribution in [0.2, 0.25) is 5.02 Å². The molecule has 0 aliphatic heterocycles. The highest BCUT2D eigenvalue weighted by Gasteiger charge is 2.13. The molecule has 0 fully saturated rings. The van der Waals surface area contributed by atoms with Crippen LogP contribution >= 0.6 is 27.5 Å². The summed E-state index contributed by atoms with van der Waals surface area (Å²) in [6.07, 6.45) is 0. The first-order chi connectivity index (χ1) is 9.38. The molecule has 2 aromatic rings. The van der Waals surface area contributed by atoms with Gasteiger partial charge in [-0.05, 0) is 40.2 Å². The molecule has 2 rings (SSSR count). The quantitative estimate of drug-likeness (QED) is 0.622. The zero-order valence-corrected chi connectivity index (χ0v) is 12.2. The van der Waals surface area contributed by atoms with Gasteiger partial charge in [-0.3, -0.25) is 4.79 Å². The van der Waals surface area contributed by atoms with Gasteiger partial charge < -0.3 is 11.1 Å². The summed E-state index contributed by atoms with van der Waals surface area (Å²) in [7, 11) is 0. The molecule has 0 saturated carbocycles. The highest BCUT2D eigenvalue weighted by Crippen LogP contribution is 2.25. The Hall–Kier alpha value is -1.66. The normalized spacial score (nSPS) is 10.4. The van der Waals surface area contributed by atoms with Crippen LogP contribution in [0.25, 0.3) is 0 Å². The van der Waals surface area contributed by atoms with E-state index >= 15 is 0 Å². The van der Waals surface area contributed by atoms with E-state index in [0.29, 0.717) is 5.69 Å². The number of nitrogens with two attached hydrogens (primary N) is 1. The second kappa shape index (κ2) is 5.76. The van der Waals surface area contributed by atoms with Crippen molar-refractivity contribution in [2.45, 2.75) is 0 Å². The van der Waals surface area contributed by atoms with Crippen LogP contribution in [-0.2, 0) is 0 Å². The zero-order chi connectivity index (χ0) is 14.9. The molecular formula is C13H8BrClF2N2O. The molecule has 2 aromatic carbocycles. The first-order valence-electron chi connectivity index (χ1n) is 5.39. The van der Waals surface area contributed by atoms with Crippen molar-refractivity contribution in [2.75, 3.05) is 11.1 Å². The van der Waals surface area contributed by atoms with Gasteiger partial charge in [-0.1, -0.05) is 11.6 Å². The van der Waals surface area contributed by atoms with E-state index in [1.54, 1.807) is 0 Å². The molecule has 0 bridgehead atoms. The topological polar surface area (TPSA) is 55.1 Å². The Labute approximate surface area is 126 Å². The Morgan fingerprint density at radius 3 is 2.55 bits per heavy atom. The predicted octanol–water partition coefficient (Wildman–Crippen LogP) is 4.22. The molecule has 0 aromatic heterocycles. The molecule has 0 aliphatic rings. The van der Waals surface area contributed by atoms with Crippen molar-refractivity contribution in [1.29, 1.82) is 0 Å². The van der Waals surface area contributed by atoms with Crippen molar-refractivity contribution in [1.82, 2.24) is 0 Å². The van der Waals surface area contributed by atoms with Crippen molar-refractivity contribution in [3.63, 3.8) is 0 Å². The minimum absolute atomic E-state index is 0.0245. The average molecular weight is 362 g/mol. The van der Waals surface area contributed by atoms with Crippen molar-refractivity contribution in [2.24, 2.45) is 0 Å². The third-order valence-corrected chi connectivity index (χ3v) is 3.46. The van der Waals surface area contributed by atoms with Crippen LogP contribution in [0.3, 0.4) is 0 Å². The number of nitrogens with one attached hydrogen (secondary N) is 1. The van der Waals surface area contributed by atoms with E-state index in [4.69, 9.17) is 17.3 Å². The Kier molecular flexibility index (Phi) is 4.25. The number of hydrogen-bond donors (Lipinski definition) is 2. The Morgan fingerprint density at radius 2 is 1.90 bits per heavy atom. The first kappa shape index (κ1) is 14.7. The van der Waals surface area contributed by atoms with Crippen LogP contribution in [-0.4, -0.2) is 5.91 Å². The lowest BCUT2D eigenvalue weighted by Gasteiger charge is -2.08. The van der Waals surface area contributed by atoms with E-state index in [2.05, 4.69) is 21.2 Å². The lowest BCUT2D eigenvalue weighted by Crippen LogP contribution is -2.13. The SMILES string of the molecule is Nc1ccc(C(=O)Nc2cc(F)c(Br)cc2F)cc1Cl. The minimum Gasteiger partial charge on any atom is -0.398 e. The largest absolute Gasteiger partial charge is 0.398 e. The molecule has 0 unspecified atom stereocenters. The lowest BCUT2D eigenvalue weighted by molar-refractivity contribution is 0.102. The van der Waals surface area contributed by atoms with E-state index in [9.17, 15) is 13.6 Å². The first-order valence-corrected chi connectivity index (χ1v) is 6.56. The van der Waals surface area contributed by atoms with Crippen molar-refractivity contribution < 1.29 is 13.6 Å². The molecule has 104 valence electrons. The Bertz CT molecular complexity index is 694. The number of rotatable bonds is 2. The number of hydrogen-bond acceptors (Lipinski definition) is 2. The fourth-order valence-corrected chi connectivity index (χ4v) is 1.98. The van der Waals surface area contributed by atoms with Gasteiger partial charge in [-0.15, -0.1) is 0 Å². The van der Waals surface area contributed by atoms with Crippen molar-refractivity contribution in [3.05, 3.63) is 57.0 Å². The van der Waals surface area contributed by atoms with E-state index in [0.717, 1.165) is 12.1 Å². The van der Waals surface area contributed by atoms with Gasteiger partial charge in [0.15, 0.2) is 0 Å². The standard InChI is InChI=1S/C13H8BrClF2N2O/c14-7-4-10(17)12(5-9(7)16)19-13(20)6-1-2-11(18)8(15)3-6/h1-5H,18H2,(H,19,20). The maximum atomic E-state index is 13.6. The molecule has 0 heterocycles.